The fourth-order valence-electron chi connectivity index (χ4n) is 4.40. The number of amides is 1. The van der Waals surface area contributed by atoms with Crippen molar-refractivity contribution in [2.75, 3.05) is 65.1 Å². The maximum Gasteiger partial charge on any atom is 0.222 e. The summed E-state index contributed by atoms with van der Waals surface area (Å²) in [6.45, 7) is 7.42. The van der Waals surface area contributed by atoms with E-state index in [2.05, 4.69) is 27.2 Å². The summed E-state index contributed by atoms with van der Waals surface area (Å²) in [5, 5.41) is 19.1. The molecular formula is C29H41N7O6. The number of nitrogens with two attached hydrogens (primary N) is 1. The van der Waals surface area contributed by atoms with Crippen LogP contribution in [0.25, 0.3) is 33.3 Å². The van der Waals surface area contributed by atoms with E-state index in [0.717, 1.165) is 42.5 Å². The molecule has 0 bridgehead atoms. The second-order valence-electron chi connectivity index (χ2n) is 9.74. The summed E-state index contributed by atoms with van der Waals surface area (Å²) >= 11 is 0. The van der Waals surface area contributed by atoms with E-state index in [-0.39, 0.29) is 11.7 Å². The molecule has 1 amide bonds. The molecule has 5 N–H and O–H groups in total. The van der Waals surface area contributed by atoms with Gasteiger partial charge in [0.2, 0.25) is 5.91 Å². The Morgan fingerprint density at radius 1 is 0.976 bits per heavy atom. The van der Waals surface area contributed by atoms with Crippen LogP contribution in [0.15, 0.2) is 30.6 Å². The van der Waals surface area contributed by atoms with E-state index in [1.165, 1.54) is 6.33 Å². The number of hydrogen-bond acceptors (Lipinski definition) is 10. The number of aromatic hydroxyl groups is 1. The number of hydrogen-bond donors (Lipinski definition) is 4. The average molecular weight is 584 g/mol. The standard InChI is InChI=1S/C29H41N7O6/c1-2-10-39-12-14-41-16-17-42-15-13-40-11-7-25(38)31-8-3-4-9-36-29-26(28(30)32-20-33-29)27(35-36)24-19-21-18-22(37)5-6-23(21)34-24/h5-6,18-20,34,37H,2-4,7-17H2,1H3,(H,31,38)(H2,30,32,33). The monoisotopic (exact) mass is 583 g/mol. The molecule has 13 heteroatoms. The number of aryl methyl sites for hydroxylation is 1. The molecule has 3 heterocycles. The van der Waals surface area contributed by atoms with Gasteiger partial charge >= 0.3 is 0 Å². The molecule has 42 heavy (non-hydrogen) atoms. The highest BCUT2D eigenvalue weighted by molar-refractivity contribution is 5.99. The summed E-state index contributed by atoms with van der Waals surface area (Å²) in [5.74, 6) is 0.492. The van der Waals surface area contributed by atoms with Gasteiger partial charge < -0.3 is 40.1 Å². The fourth-order valence-corrected chi connectivity index (χ4v) is 4.40. The van der Waals surface area contributed by atoms with Gasteiger partial charge in [-0.3, -0.25) is 4.79 Å². The van der Waals surface area contributed by atoms with Gasteiger partial charge in [-0.1, -0.05) is 6.92 Å². The Balaban J connectivity index is 1.11. The minimum absolute atomic E-state index is 0.0493. The number of nitrogens with one attached hydrogen (secondary N) is 2. The zero-order valence-corrected chi connectivity index (χ0v) is 24.1. The molecule has 0 radical (unpaired) electrons. The van der Waals surface area contributed by atoms with Crippen molar-refractivity contribution in [1.29, 1.82) is 0 Å². The van der Waals surface area contributed by atoms with Crippen LogP contribution in [0.1, 0.15) is 32.6 Å². The second kappa shape index (κ2) is 16.6. The molecule has 0 aliphatic heterocycles. The first-order valence-electron chi connectivity index (χ1n) is 14.4. The lowest BCUT2D eigenvalue weighted by atomic mass is 10.2. The largest absolute Gasteiger partial charge is 0.508 e. The van der Waals surface area contributed by atoms with Crippen molar-refractivity contribution < 1.29 is 28.8 Å². The maximum absolute atomic E-state index is 12.1. The molecule has 0 spiro atoms. The van der Waals surface area contributed by atoms with Gasteiger partial charge in [0, 0.05) is 37.0 Å². The number of aromatic nitrogens is 5. The quantitative estimate of drug-likeness (QED) is 0.113. The van der Waals surface area contributed by atoms with Gasteiger partial charge in [0.1, 0.15) is 23.6 Å². The molecule has 0 saturated carbocycles. The predicted molar refractivity (Wildman–Crippen MR) is 159 cm³/mol. The van der Waals surface area contributed by atoms with Crippen LogP contribution in [-0.4, -0.2) is 95.1 Å². The highest BCUT2D eigenvalue weighted by Gasteiger charge is 2.18. The first-order valence-corrected chi connectivity index (χ1v) is 14.4. The van der Waals surface area contributed by atoms with E-state index in [0.29, 0.717) is 88.3 Å². The number of fused-ring (bicyclic) bond motifs is 2. The minimum atomic E-state index is -0.0493. The number of anilines is 1. The molecule has 0 saturated heterocycles. The molecular weight excluding hydrogens is 542 g/mol. The minimum Gasteiger partial charge on any atom is -0.508 e. The third-order valence-corrected chi connectivity index (χ3v) is 6.47. The Bertz CT molecular complexity index is 1410. The topological polar surface area (TPSA) is 172 Å². The highest BCUT2D eigenvalue weighted by atomic mass is 16.6. The highest BCUT2D eigenvalue weighted by Crippen LogP contribution is 2.32. The number of phenols is 1. The molecule has 0 aliphatic carbocycles. The van der Waals surface area contributed by atoms with Crippen LogP contribution in [0.4, 0.5) is 5.82 Å². The van der Waals surface area contributed by atoms with Crippen molar-refractivity contribution in [2.45, 2.75) is 39.2 Å². The summed E-state index contributed by atoms with van der Waals surface area (Å²) < 4.78 is 23.5. The lowest BCUT2D eigenvalue weighted by Crippen LogP contribution is -2.26. The summed E-state index contributed by atoms with van der Waals surface area (Å²) in [7, 11) is 0. The number of H-pyrrole nitrogens is 1. The van der Waals surface area contributed by atoms with Crippen molar-refractivity contribution in [3.05, 3.63) is 30.6 Å². The van der Waals surface area contributed by atoms with Crippen LogP contribution < -0.4 is 11.1 Å². The molecule has 0 unspecified atom stereocenters. The molecule has 4 aromatic rings. The molecule has 0 fully saturated rings. The maximum atomic E-state index is 12.1. The van der Waals surface area contributed by atoms with Gasteiger partial charge in [0.15, 0.2) is 5.65 Å². The smallest absolute Gasteiger partial charge is 0.222 e. The van der Waals surface area contributed by atoms with E-state index in [4.69, 9.17) is 29.8 Å². The molecule has 0 aliphatic rings. The number of carbonyl (C=O) groups excluding carboxylic acids is 1. The summed E-state index contributed by atoms with van der Waals surface area (Å²) in [6, 6.07) is 7.05. The third kappa shape index (κ3) is 9.11. The van der Waals surface area contributed by atoms with Gasteiger partial charge in [-0.05, 0) is 43.5 Å². The van der Waals surface area contributed by atoms with Gasteiger partial charge in [-0.15, -0.1) is 0 Å². The summed E-state index contributed by atoms with van der Waals surface area (Å²) in [5.41, 5.74) is 9.15. The predicted octanol–water partition coefficient (Wildman–Crippen LogP) is 3.03. The Labute approximate surface area is 244 Å². The third-order valence-electron chi connectivity index (χ3n) is 6.47. The second-order valence-corrected chi connectivity index (χ2v) is 9.74. The van der Waals surface area contributed by atoms with E-state index in [1.807, 2.05) is 16.8 Å². The van der Waals surface area contributed by atoms with Crippen molar-refractivity contribution in [2.24, 2.45) is 0 Å². The summed E-state index contributed by atoms with van der Waals surface area (Å²) in [4.78, 5) is 24.0. The van der Waals surface area contributed by atoms with Gasteiger partial charge in [0.25, 0.3) is 0 Å². The lowest BCUT2D eigenvalue weighted by Gasteiger charge is -2.08. The molecule has 4 rings (SSSR count). The average Bonchev–Trinajstić information content (AvgIpc) is 3.57. The first kappa shape index (κ1) is 31.2. The van der Waals surface area contributed by atoms with Crippen LogP contribution in [-0.2, 0) is 30.3 Å². The number of phenolic OH excluding ortho intramolecular Hbond substituents is 1. The normalized spacial score (nSPS) is 11.5. The van der Waals surface area contributed by atoms with E-state index in [9.17, 15) is 9.90 Å². The number of carbonyl (C=O) groups is 1. The molecule has 3 aromatic heterocycles. The first-order chi connectivity index (χ1) is 20.6. The van der Waals surface area contributed by atoms with Crippen LogP contribution in [0.2, 0.25) is 0 Å². The summed E-state index contributed by atoms with van der Waals surface area (Å²) in [6.07, 6.45) is 4.29. The Morgan fingerprint density at radius 3 is 2.43 bits per heavy atom. The zero-order chi connectivity index (χ0) is 29.6. The van der Waals surface area contributed by atoms with Gasteiger partial charge in [-0.25, -0.2) is 14.6 Å². The molecule has 1 aromatic carbocycles. The molecule has 228 valence electrons. The zero-order valence-electron chi connectivity index (χ0n) is 24.1. The van der Waals surface area contributed by atoms with Crippen molar-refractivity contribution >= 4 is 33.7 Å². The number of aromatic amines is 1. The Hall–Kier alpha value is -3.78. The van der Waals surface area contributed by atoms with Crippen molar-refractivity contribution in [3.63, 3.8) is 0 Å². The lowest BCUT2D eigenvalue weighted by molar-refractivity contribution is -0.122. The van der Waals surface area contributed by atoms with E-state index < -0.39 is 0 Å². The Kier molecular flexibility index (Phi) is 12.3. The van der Waals surface area contributed by atoms with Gasteiger partial charge in [0.05, 0.1) is 57.3 Å². The molecule has 0 atom stereocenters. The van der Waals surface area contributed by atoms with Crippen LogP contribution in [0.5, 0.6) is 5.75 Å². The van der Waals surface area contributed by atoms with Crippen molar-refractivity contribution in [1.82, 2.24) is 30.0 Å². The number of unbranched alkanes of at least 4 members (excludes halogenated alkanes) is 1. The van der Waals surface area contributed by atoms with Crippen molar-refractivity contribution in [3.8, 4) is 17.1 Å². The van der Waals surface area contributed by atoms with Gasteiger partial charge in [-0.2, -0.15) is 5.10 Å². The number of rotatable bonds is 20. The fraction of sp³-hybridized carbons (Fsp3) is 0.517. The van der Waals surface area contributed by atoms with Crippen LogP contribution in [0.3, 0.4) is 0 Å². The molecule has 13 nitrogen and oxygen atoms in total. The number of benzene rings is 1. The van der Waals surface area contributed by atoms with Crippen LogP contribution >= 0.6 is 0 Å². The number of ether oxygens (including phenoxy) is 4. The van der Waals surface area contributed by atoms with E-state index >= 15 is 0 Å². The van der Waals surface area contributed by atoms with E-state index in [1.54, 1.807) is 12.1 Å². The number of nitrogen functional groups attached to an aromatic ring is 1. The number of nitrogens with zero attached hydrogens (tertiary/aromatic N) is 4. The van der Waals surface area contributed by atoms with Crippen LogP contribution in [0, 0.1) is 0 Å². The Morgan fingerprint density at radius 2 is 1.69 bits per heavy atom. The SMILES string of the molecule is CCCOCCOCCOCCOCCC(=O)NCCCCn1nc(-c2cc3cc(O)ccc3[nH]2)c2c(N)ncnc21.